The second-order valence-electron chi connectivity index (χ2n) is 5.89. The fraction of sp³-hybridized carbons (Fsp3) is 0.111. The lowest BCUT2D eigenvalue weighted by molar-refractivity contribution is -0.136. The Morgan fingerprint density at radius 1 is 1.00 bits per heavy atom. The quantitative estimate of drug-likeness (QED) is 0.489. The molecule has 2 amide bonds. The van der Waals surface area contributed by atoms with E-state index < -0.39 is 21.8 Å². The van der Waals surface area contributed by atoms with E-state index in [2.05, 4.69) is 15.6 Å². The predicted octanol–water partition coefficient (Wildman–Crippen LogP) is 1.11. The van der Waals surface area contributed by atoms with E-state index in [4.69, 9.17) is 5.14 Å². The summed E-state index contributed by atoms with van der Waals surface area (Å²) < 4.78 is 22.4. The van der Waals surface area contributed by atoms with Crippen LogP contribution < -0.4 is 15.8 Å². The molecule has 0 aliphatic carbocycles. The number of H-pyrrole nitrogens is 1. The second kappa shape index (κ2) is 7.60. The van der Waals surface area contributed by atoms with Gasteiger partial charge in [0, 0.05) is 29.3 Å². The third-order valence-corrected chi connectivity index (χ3v) is 4.93. The zero-order chi connectivity index (χ0) is 19.4. The summed E-state index contributed by atoms with van der Waals surface area (Å²) in [6, 6.07) is 13.0. The lowest BCUT2D eigenvalue weighted by Gasteiger charge is -2.07. The first-order valence-electron chi connectivity index (χ1n) is 8.11. The van der Waals surface area contributed by atoms with Crippen LogP contribution in [0.25, 0.3) is 10.9 Å². The fourth-order valence-electron chi connectivity index (χ4n) is 2.65. The summed E-state index contributed by atoms with van der Waals surface area (Å²) in [5.41, 5.74) is 2.35. The van der Waals surface area contributed by atoms with E-state index in [-0.39, 0.29) is 4.90 Å². The monoisotopic (exact) mass is 386 g/mol. The van der Waals surface area contributed by atoms with E-state index in [0.717, 1.165) is 16.5 Å². The van der Waals surface area contributed by atoms with Crippen LogP contribution in [-0.2, 0) is 26.0 Å². The summed E-state index contributed by atoms with van der Waals surface area (Å²) in [5, 5.41) is 11.0. The smallest absolute Gasteiger partial charge is 0.313 e. The maximum atomic E-state index is 11.9. The zero-order valence-corrected chi connectivity index (χ0v) is 15.0. The number of carbonyl (C=O) groups is 2. The number of sulfonamides is 1. The maximum Gasteiger partial charge on any atom is 0.313 e. The average Bonchev–Trinajstić information content (AvgIpc) is 3.04. The Bertz CT molecular complexity index is 1090. The van der Waals surface area contributed by atoms with E-state index in [9.17, 15) is 18.0 Å². The Hall–Kier alpha value is -3.17. The van der Waals surface area contributed by atoms with Crippen LogP contribution in [0.5, 0.6) is 0 Å². The van der Waals surface area contributed by atoms with Gasteiger partial charge in [0.15, 0.2) is 0 Å². The molecule has 0 unspecified atom stereocenters. The first-order chi connectivity index (χ1) is 12.8. The Kier molecular flexibility index (Phi) is 5.24. The number of amides is 2. The lowest BCUT2D eigenvalue weighted by atomic mass is 10.1. The number of hydrogen-bond donors (Lipinski definition) is 4. The van der Waals surface area contributed by atoms with Crippen LogP contribution >= 0.6 is 0 Å². The van der Waals surface area contributed by atoms with Crippen molar-refractivity contribution in [3.63, 3.8) is 0 Å². The van der Waals surface area contributed by atoms with Gasteiger partial charge in [0.2, 0.25) is 10.0 Å². The van der Waals surface area contributed by atoms with Crippen molar-refractivity contribution in [3.8, 4) is 0 Å². The largest absolute Gasteiger partial charge is 0.361 e. The van der Waals surface area contributed by atoms with E-state index in [1.165, 1.54) is 24.3 Å². The number of hydrogen-bond acceptors (Lipinski definition) is 4. The Morgan fingerprint density at radius 3 is 2.41 bits per heavy atom. The number of nitrogens with one attached hydrogen (secondary N) is 3. The third-order valence-electron chi connectivity index (χ3n) is 4.00. The van der Waals surface area contributed by atoms with Gasteiger partial charge in [-0.2, -0.15) is 0 Å². The van der Waals surface area contributed by atoms with Gasteiger partial charge in [-0.15, -0.1) is 0 Å². The van der Waals surface area contributed by atoms with Crippen molar-refractivity contribution < 1.29 is 18.0 Å². The normalized spacial score (nSPS) is 11.3. The minimum Gasteiger partial charge on any atom is -0.361 e. The molecule has 0 fully saturated rings. The van der Waals surface area contributed by atoms with Gasteiger partial charge in [-0.05, 0) is 42.3 Å². The molecule has 0 aliphatic heterocycles. The van der Waals surface area contributed by atoms with Crippen molar-refractivity contribution in [2.24, 2.45) is 5.14 Å². The number of primary sulfonamides is 1. The van der Waals surface area contributed by atoms with E-state index in [1.54, 1.807) is 0 Å². The molecule has 3 rings (SSSR count). The minimum absolute atomic E-state index is 0.0799. The van der Waals surface area contributed by atoms with Gasteiger partial charge < -0.3 is 15.6 Å². The molecular formula is C18H18N4O4S. The van der Waals surface area contributed by atoms with Crippen LogP contribution in [0.1, 0.15) is 5.56 Å². The number of rotatable bonds is 5. The molecule has 0 saturated carbocycles. The lowest BCUT2D eigenvalue weighted by Crippen LogP contribution is -2.36. The molecule has 9 heteroatoms. The number of aromatic amines is 1. The Labute approximate surface area is 155 Å². The number of anilines is 1. The summed E-state index contributed by atoms with van der Waals surface area (Å²) in [5.74, 6) is -1.61. The highest BCUT2D eigenvalue weighted by Gasteiger charge is 2.14. The van der Waals surface area contributed by atoms with Gasteiger partial charge >= 0.3 is 11.8 Å². The predicted molar refractivity (Wildman–Crippen MR) is 101 cm³/mol. The van der Waals surface area contributed by atoms with E-state index in [0.29, 0.717) is 18.7 Å². The molecule has 2 aromatic carbocycles. The standard InChI is InChI=1S/C18H18N4O4S/c19-27(25,26)14-7-5-13(6-8-14)22-18(24)17(23)20-10-9-12-11-21-16-4-2-1-3-15(12)16/h1-8,11,21H,9-10H2,(H,20,23)(H,22,24)(H2,19,25,26). The highest BCUT2D eigenvalue weighted by Crippen LogP contribution is 2.17. The number of fused-ring (bicyclic) bond motifs is 1. The van der Waals surface area contributed by atoms with Gasteiger partial charge in [0.1, 0.15) is 0 Å². The Balaban J connectivity index is 1.53. The summed E-state index contributed by atoms with van der Waals surface area (Å²) in [7, 11) is -3.81. The number of nitrogens with two attached hydrogens (primary N) is 1. The van der Waals surface area contributed by atoms with Crippen molar-refractivity contribution in [1.29, 1.82) is 0 Å². The van der Waals surface area contributed by atoms with Crippen LogP contribution in [-0.4, -0.2) is 31.8 Å². The van der Waals surface area contributed by atoms with Gasteiger partial charge in [0.05, 0.1) is 4.90 Å². The van der Waals surface area contributed by atoms with Crippen LogP contribution in [0.4, 0.5) is 5.69 Å². The molecule has 0 atom stereocenters. The van der Waals surface area contributed by atoms with E-state index in [1.807, 2.05) is 30.5 Å². The molecule has 0 saturated heterocycles. The molecule has 0 aliphatic rings. The molecule has 0 bridgehead atoms. The van der Waals surface area contributed by atoms with Crippen molar-refractivity contribution >= 4 is 38.4 Å². The zero-order valence-electron chi connectivity index (χ0n) is 14.2. The highest BCUT2D eigenvalue weighted by atomic mass is 32.2. The van der Waals surface area contributed by atoms with Gasteiger partial charge in [-0.3, -0.25) is 9.59 Å². The summed E-state index contributed by atoms with van der Waals surface area (Å²) in [4.78, 5) is 26.9. The summed E-state index contributed by atoms with van der Waals surface area (Å²) in [6.07, 6.45) is 2.45. The summed E-state index contributed by atoms with van der Waals surface area (Å²) in [6.45, 7) is 0.304. The fourth-order valence-corrected chi connectivity index (χ4v) is 3.16. The van der Waals surface area contributed by atoms with Crippen LogP contribution in [0.3, 0.4) is 0 Å². The summed E-state index contributed by atoms with van der Waals surface area (Å²) >= 11 is 0. The van der Waals surface area contributed by atoms with Crippen LogP contribution in [0.2, 0.25) is 0 Å². The molecule has 140 valence electrons. The molecule has 8 nitrogen and oxygen atoms in total. The van der Waals surface area contributed by atoms with Crippen molar-refractivity contribution in [2.45, 2.75) is 11.3 Å². The van der Waals surface area contributed by atoms with E-state index >= 15 is 0 Å². The topological polar surface area (TPSA) is 134 Å². The van der Waals surface area contributed by atoms with Crippen LogP contribution in [0, 0.1) is 0 Å². The molecule has 1 heterocycles. The minimum atomic E-state index is -3.81. The third kappa shape index (κ3) is 4.52. The molecular weight excluding hydrogens is 368 g/mol. The molecule has 0 spiro atoms. The second-order valence-corrected chi connectivity index (χ2v) is 7.45. The molecule has 3 aromatic rings. The van der Waals surface area contributed by atoms with Crippen molar-refractivity contribution in [3.05, 3.63) is 60.3 Å². The average molecular weight is 386 g/mol. The van der Waals surface area contributed by atoms with Gasteiger partial charge in [-0.25, -0.2) is 13.6 Å². The number of para-hydroxylation sites is 1. The number of carbonyl (C=O) groups excluding carboxylic acids is 2. The molecule has 0 radical (unpaired) electrons. The number of aromatic nitrogens is 1. The van der Waals surface area contributed by atoms with Crippen molar-refractivity contribution in [2.75, 3.05) is 11.9 Å². The molecule has 27 heavy (non-hydrogen) atoms. The molecule has 1 aromatic heterocycles. The highest BCUT2D eigenvalue weighted by molar-refractivity contribution is 7.89. The first kappa shape index (κ1) is 18.6. The maximum absolute atomic E-state index is 11.9. The SMILES string of the molecule is NS(=O)(=O)c1ccc(NC(=O)C(=O)NCCc2c[nH]c3ccccc23)cc1. The van der Waals surface area contributed by atoms with Crippen molar-refractivity contribution in [1.82, 2.24) is 10.3 Å². The number of benzene rings is 2. The van der Waals surface area contributed by atoms with Gasteiger partial charge in [-0.1, -0.05) is 18.2 Å². The Morgan fingerprint density at radius 2 is 1.70 bits per heavy atom. The van der Waals surface area contributed by atoms with Crippen LogP contribution in [0.15, 0.2) is 59.6 Å². The first-order valence-corrected chi connectivity index (χ1v) is 9.66. The molecule has 5 N–H and O–H groups in total. The van der Waals surface area contributed by atoms with Gasteiger partial charge in [0.25, 0.3) is 0 Å².